The largest absolute Gasteiger partial charge is 0.411 e. The molecule has 1 aliphatic heterocycles. The van der Waals surface area contributed by atoms with Crippen LogP contribution < -0.4 is 16.0 Å². The van der Waals surface area contributed by atoms with Gasteiger partial charge in [0.05, 0.1) is 6.04 Å². The molecule has 3 saturated carbocycles. The van der Waals surface area contributed by atoms with Gasteiger partial charge in [0.25, 0.3) is 0 Å². The minimum atomic E-state index is -4.61. The second-order valence-electron chi connectivity index (χ2n) is 13.9. The summed E-state index contributed by atoms with van der Waals surface area (Å²) < 4.78 is 40.2. The Bertz CT molecular complexity index is 1090. The van der Waals surface area contributed by atoms with Gasteiger partial charge in [-0.3, -0.25) is 19.2 Å². The number of ketones is 2. The van der Waals surface area contributed by atoms with E-state index in [1.807, 2.05) is 19.2 Å². The Morgan fingerprint density at radius 1 is 1.00 bits per heavy atom. The summed E-state index contributed by atoms with van der Waals surface area (Å²) in [7, 11) is 0. The van der Waals surface area contributed by atoms with Crippen molar-refractivity contribution < 1.29 is 37.1 Å². The number of hydrogen-bond donors (Lipinski definition) is 3. The SMILES string of the molecule is CC(=O)C(=O)[C@H](CC1CCC1)NC(=O)[C@@H]1[C@@H]2[C@H](CN1C(=O)[C@@H](NC(=O)NC1(C(F)(F)F)CC1)C(C)(C)C)C2(C)C. The van der Waals surface area contributed by atoms with E-state index >= 15 is 0 Å². The molecule has 0 radical (unpaired) electrons. The highest BCUT2D eigenvalue weighted by Gasteiger charge is 2.70. The van der Waals surface area contributed by atoms with E-state index in [1.54, 1.807) is 20.8 Å². The maximum atomic E-state index is 13.9. The van der Waals surface area contributed by atoms with E-state index in [0.717, 1.165) is 19.3 Å². The molecule has 0 spiro atoms. The van der Waals surface area contributed by atoms with Gasteiger partial charge >= 0.3 is 12.2 Å². The molecule has 12 heteroatoms. The normalized spacial score (nSPS) is 27.9. The summed E-state index contributed by atoms with van der Waals surface area (Å²) in [6, 6.07) is -4.22. The molecule has 4 aliphatic rings. The number of likely N-dealkylation sites (tertiary alicyclic amines) is 1. The molecule has 3 aliphatic carbocycles. The Morgan fingerprint density at radius 2 is 1.60 bits per heavy atom. The fourth-order valence-corrected chi connectivity index (χ4v) is 6.41. The van der Waals surface area contributed by atoms with Crippen LogP contribution in [0.1, 0.15) is 80.1 Å². The summed E-state index contributed by atoms with van der Waals surface area (Å²) in [4.78, 5) is 66.3. The van der Waals surface area contributed by atoms with E-state index < -0.39 is 64.7 Å². The van der Waals surface area contributed by atoms with Crippen molar-refractivity contribution in [3.63, 3.8) is 0 Å². The maximum Gasteiger partial charge on any atom is 0.411 e. The van der Waals surface area contributed by atoms with Crippen molar-refractivity contribution >= 4 is 29.4 Å². The fraction of sp³-hybridized carbons (Fsp3) is 0.821. The summed E-state index contributed by atoms with van der Waals surface area (Å²) in [6.07, 6.45) is -1.85. The first kappa shape index (κ1) is 30.3. The average Bonchev–Trinajstić information content (AvgIpc) is 3.61. The van der Waals surface area contributed by atoms with Crippen LogP contribution in [0, 0.1) is 28.6 Å². The zero-order chi connectivity index (χ0) is 30.0. The number of nitrogens with zero attached hydrogens (tertiary/aromatic N) is 1. The number of carbonyl (C=O) groups is 5. The number of halogens is 3. The molecule has 1 heterocycles. The van der Waals surface area contributed by atoms with Crippen molar-refractivity contribution in [2.24, 2.45) is 28.6 Å². The van der Waals surface area contributed by atoms with Crippen molar-refractivity contribution in [3.8, 4) is 0 Å². The lowest BCUT2D eigenvalue weighted by Crippen LogP contribution is -2.62. The first-order chi connectivity index (χ1) is 18.3. The second kappa shape index (κ2) is 10.0. The molecule has 0 aromatic carbocycles. The van der Waals surface area contributed by atoms with E-state index in [4.69, 9.17) is 0 Å². The molecule has 5 atom stereocenters. The quantitative estimate of drug-likeness (QED) is 0.368. The number of piperidine rings is 1. The number of hydrogen-bond acceptors (Lipinski definition) is 5. The number of rotatable bonds is 9. The zero-order valence-electron chi connectivity index (χ0n) is 24.0. The monoisotopic (exact) mass is 570 g/mol. The van der Waals surface area contributed by atoms with E-state index in [-0.39, 0.29) is 42.6 Å². The summed E-state index contributed by atoms with van der Waals surface area (Å²) in [5.41, 5.74) is -3.41. The summed E-state index contributed by atoms with van der Waals surface area (Å²) in [6.45, 7) is 10.5. The van der Waals surface area contributed by atoms with Crippen LogP contribution in [-0.2, 0) is 19.2 Å². The van der Waals surface area contributed by atoms with Crippen LogP contribution in [-0.4, -0.2) is 70.7 Å². The smallest absolute Gasteiger partial charge is 0.344 e. The predicted octanol–water partition coefficient (Wildman–Crippen LogP) is 3.11. The van der Waals surface area contributed by atoms with Crippen LogP contribution in [0.3, 0.4) is 0 Å². The average molecular weight is 571 g/mol. The van der Waals surface area contributed by atoms with Crippen LogP contribution in [0.4, 0.5) is 18.0 Å². The molecule has 1 saturated heterocycles. The third-order valence-electron chi connectivity index (χ3n) is 9.57. The van der Waals surface area contributed by atoms with Gasteiger partial charge in [-0.25, -0.2) is 4.79 Å². The van der Waals surface area contributed by atoms with Crippen LogP contribution in [0.15, 0.2) is 0 Å². The van der Waals surface area contributed by atoms with Gasteiger partial charge in [0.2, 0.25) is 17.6 Å². The Morgan fingerprint density at radius 3 is 2.05 bits per heavy atom. The van der Waals surface area contributed by atoms with Crippen LogP contribution >= 0.6 is 0 Å². The summed E-state index contributed by atoms with van der Waals surface area (Å²) >= 11 is 0. The summed E-state index contributed by atoms with van der Waals surface area (Å²) in [5, 5.41) is 7.22. The Balaban J connectivity index is 1.53. The standard InChI is InChI=1S/C28H41F3N4O5/c1-14(36)20(37)17(12-15-8-7-9-15)32-22(38)19-18-16(26(18,5)6)13-35(19)23(39)21(25(2,3)4)33-24(40)34-27(10-11-27)28(29,30)31/h15-19,21H,7-13H2,1-6H3,(H,32,38)(H2,33,34,40)/t16-,17-,18-,19-,21+/m0/s1. The molecule has 4 fully saturated rings. The summed E-state index contributed by atoms with van der Waals surface area (Å²) in [5.74, 6) is -2.37. The van der Waals surface area contributed by atoms with Crippen LogP contribution in [0.25, 0.3) is 0 Å². The van der Waals surface area contributed by atoms with Gasteiger partial charge in [-0.15, -0.1) is 0 Å². The number of carbonyl (C=O) groups excluding carboxylic acids is 5. The highest BCUT2D eigenvalue weighted by molar-refractivity contribution is 6.38. The minimum absolute atomic E-state index is 0.00944. The van der Waals surface area contributed by atoms with Crippen molar-refractivity contribution in [2.75, 3.05) is 6.54 Å². The van der Waals surface area contributed by atoms with Gasteiger partial charge in [-0.1, -0.05) is 53.9 Å². The Hall–Kier alpha value is -2.66. The molecule has 0 bridgehead atoms. The number of fused-ring (bicyclic) bond motifs is 1. The predicted molar refractivity (Wildman–Crippen MR) is 139 cm³/mol. The van der Waals surface area contributed by atoms with Crippen LogP contribution in [0.5, 0.6) is 0 Å². The van der Waals surface area contributed by atoms with Gasteiger partial charge in [0.15, 0.2) is 5.78 Å². The molecule has 0 aromatic rings. The third-order valence-corrected chi connectivity index (χ3v) is 9.57. The Labute approximate surface area is 232 Å². The molecular weight excluding hydrogens is 529 g/mol. The molecule has 224 valence electrons. The van der Waals surface area contributed by atoms with Gasteiger partial charge in [0, 0.05) is 13.5 Å². The fourth-order valence-electron chi connectivity index (χ4n) is 6.41. The maximum absolute atomic E-state index is 13.9. The zero-order valence-corrected chi connectivity index (χ0v) is 24.0. The van der Waals surface area contributed by atoms with Gasteiger partial charge < -0.3 is 20.9 Å². The molecule has 0 unspecified atom stereocenters. The van der Waals surface area contributed by atoms with E-state index in [0.29, 0.717) is 6.42 Å². The van der Waals surface area contributed by atoms with E-state index in [2.05, 4.69) is 10.6 Å². The molecular formula is C28H41F3N4O5. The van der Waals surface area contributed by atoms with Gasteiger partial charge in [-0.2, -0.15) is 13.2 Å². The van der Waals surface area contributed by atoms with Gasteiger partial charge in [-0.05, 0) is 47.8 Å². The molecule has 9 nitrogen and oxygen atoms in total. The van der Waals surface area contributed by atoms with Crippen molar-refractivity contribution in [1.82, 2.24) is 20.9 Å². The third kappa shape index (κ3) is 5.59. The molecule has 3 N–H and O–H groups in total. The molecule has 40 heavy (non-hydrogen) atoms. The van der Waals surface area contributed by atoms with Crippen molar-refractivity contribution in [3.05, 3.63) is 0 Å². The lowest BCUT2D eigenvalue weighted by Gasteiger charge is -2.38. The van der Waals surface area contributed by atoms with E-state index in [9.17, 15) is 37.1 Å². The first-order valence-electron chi connectivity index (χ1n) is 14.1. The van der Waals surface area contributed by atoms with Crippen molar-refractivity contribution in [1.29, 1.82) is 0 Å². The number of urea groups is 1. The molecule has 4 amide bonds. The molecule has 0 aromatic heterocycles. The molecule has 4 rings (SSSR count). The number of alkyl halides is 3. The van der Waals surface area contributed by atoms with E-state index in [1.165, 1.54) is 11.8 Å². The van der Waals surface area contributed by atoms with Crippen molar-refractivity contribution in [2.45, 2.75) is 110 Å². The van der Waals surface area contributed by atoms with Crippen LogP contribution in [0.2, 0.25) is 0 Å². The highest BCUT2D eigenvalue weighted by Crippen LogP contribution is 2.65. The minimum Gasteiger partial charge on any atom is -0.344 e. The Kier molecular flexibility index (Phi) is 7.58. The number of Topliss-reactive ketones (excluding diaryl/α,β-unsaturated/α-hetero) is 2. The highest BCUT2D eigenvalue weighted by atomic mass is 19.4. The first-order valence-corrected chi connectivity index (χ1v) is 14.1. The lowest BCUT2D eigenvalue weighted by atomic mass is 9.79. The van der Waals surface area contributed by atoms with Gasteiger partial charge in [0.1, 0.15) is 17.6 Å². The topological polar surface area (TPSA) is 125 Å². The second-order valence-corrected chi connectivity index (χ2v) is 13.9. The number of nitrogens with one attached hydrogen (secondary N) is 3. The number of amides is 4. The lowest BCUT2D eigenvalue weighted by molar-refractivity contribution is -0.162.